The summed E-state index contributed by atoms with van der Waals surface area (Å²) in [6.45, 7) is 3.10. The monoisotopic (exact) mass is 316 g/mol. The van der Waals surface area contributed by atoms with E-state index in [0.717, 1.165) is 0 Å². The van der Waals surface area contributed by atoms with E-state index in [1.165, 1.54) is 6.92 Å². The van der Waals surface area contributed by atoms with Gasteiger partial charge in [0.2, 0.25) is 0 Å². The molecule has 0 radical (unpaired) electrons. The third-order valence-corrected chi connectivity index (χ3v) is 3.78. The van der Waals surface area contributed by atoms with Gasteiger partial charge in [0.05, 0.1) is 16.2 Å². The van der Waals surface area contributed by atoms with Crippen molar-refractivity contribution in [3.63, 3.8) is 0 Å². The molecule has 0 aliphatic carbocycles. The minimum absolute atomic E-state index is 0.0993. The van der Waals surface area contributed by atoms with Gasteiger partial charge in [-0.1, -0.05) is 12.1 Å². The Bertz CT molecular complexity index is 859. The van der Waals surface area contributed by atoms with Crippen molar-refractivity contribution < 1.29 is 19.5 Å². The first-order valence-electron chi connectivity index (χ1n) is 6.69. The molecular formula is C14H12N4O5. The van der Waals surface area contributed by atoms with Crippen molar-refractivity contribution in [1.82, 2.24) is 15.6 Å². The van der Waals surface area contributed by atoms with E-state index in [1.807, 2.05) is 0 Å². The van der Waals surface area contributed by atoms with Gasteiger partial charge in [0.15, 0.2) is 0 Å². The van der Waals surface area contributed by atoms with Crippen molar-refractivity contribution in [3.8, 4) is 0 Å². The summed E-state index contributed by atoms with van der Waals surface area (Å²) in [7, 11) is 0. The second kappa shape index (κ2) is 5.20. The molecule has 1 atom stereocenters. The minimum Gasteiger partial charge on any atom is -0.478 e. The quantitative estimate of drug-likeness (QED) is 0.647. The number of aliphatic carboxylic acids is 1. The molecule has 2 heterocycles. The van der Waals surface area contributed by atoms with Crippen molar-refractivity contribution in [3.05, 3.63) is 56.5 Å². The number of carboxylic acids is 1. The lowest BCUT2D eigenvalue weighted by atomic mass is 9.83. The number of rotatable bonds is 3. The summed E-state index contributed by atoms with van der Waals surface area (Å²) in [4.78, 5) is 22.7. The molecule has 9 nitrogen and oxygen atoms in total. The predicted molar refractivity (Wildman–Crippen MR) is 77.7 cm³/mol. The molecule has 0 unspecified atom stereocenters. The average Bonchev–Trinajstić information content (AvgIpc) is 2.93. The molecule has 1 aromatic heterocycles. The summed E-state index contributed by atoms with van der Waals surface area (Å²) in [5.41, 5.74) is 1.38. The second-order valence-electron chi connectivity index (χ2n) is 5.15. The molecule has 0 bridgehead atoms. The molecule has 1 aliphatic heterocycles. The molecule has 1 aliphatic rings. The number of hydrogen-bond acceptors (Lipinski definition) is 7. The number of nitrogens with zero attached hydrogens (tertiary/aromatic N) is 3. The third kappa shape index (κ3) is 2.22. The van der Waals surface area contributed by atoms with Gasteiger partial charge in [-0.2, -0.15) is 0 Å². The van der Waals surface area contributed by atoms with E-state index in [-0.39, 0.29) is 17.0 Å². The van der Waals surface area contributed by atoms with Crippen molar-refractivity contribution in [2.45, 2.75) is 19.8 Å². The Labute approximate surface area is 129 Å². The molecule has 2 aromatic rings. The minimum atomic E-state index is -1.24. The largest absolute Gasteiger partial charge is 0.478 e. The number of hydrogen-bond donors (Lipinski definition) is 2. The highest BCUT2D eigenvalue weighted by atomic mass is 16.6. The molecule has 0 fully saturated rings. The van der Waals surface area contributed by atoms with Crippen molar-refractivity contribution >= 4 is 17.0 Å². The van der Waals surface area contributed by atoms with Crippen molar-refractivity contribution in [1.29, 1.82) is 0 Å². The molecule has 3 rings (SSSR count). The van der Waals surface area contributed by atoms with Gasteiger partial charge in [-0.3, -0.25) is 10.1 Å². The first-order valence-corrected chi connectivity index (χ1v) is 6.69. The fourth-order valence-electron chi connectivity index (χ4n) is 2.87. The molecule has 2 N–H and O–H groups in total. The lowest BCUT2D eigenvalue weighted by Crippen LogP contribution is -2.30. The Morgan fingerprint density at radius 3 is 2.74 bits per heavy atom. The summed E-state index contributed by atoms with van der Waals surface area (Å²) in [6.07, 6.45) is 0. The van der Waals surface area contributed by atoms with Gasteiger partial charge in [0.1, 0.15) is 17.0 Å². The van der Waals surface area contributed by atoms with Gasteiger partial charge < -0.3 is 10.4 Å². The SMILES string of the molecule is CC1=C(C(=O)O)[C@@H](c2cccc3nonc23)C([N+](=O)[O-])=C(C)N1. The third-order valence-electron chi connectivity index (χ3n) is 3.78. The van der Waals surface area contributed by atoms with E-state index >= 15 is 0 Å². The Hall–Kier alpha value is -3.23. The summed E-state index contributed by atoms with van der Waals surface area (Å²) in [6, 6.07) is 4.86. The van der Waals surface area contributed by atoms with Crippen LogP contribution >= 0.6 is 0 Å². The topological polar surface area (TPSA) is 131 Å². The van der Waals surface area contributed by atoms with Gasteiger partial charge in [0.25, 0.3) is 5.70 Å². The molecule has 0 amide bonds. The highest BCUT2D eigenvalue weighted by Crippen LogP contribution is 2.40. The highest BCUT2D eigenvalue weighted by molar-refractivity contribution is 5.92. The summed E-state index contributed by atoms with van der Waals surface area (Å²) >= 11 is 0. The molecule has 23 heavy (non-hydrogen) atoms. The fourth-order valence-corrected chi connectivity index (χ4v) is 2.87. The van der Waals surface area contributed by atoms with Gasteiger partial charge in [0, 0.05) is 11.3 Å². The number of carbonyl (C=O) groups is 1. The van der Waals surface area contributed by atoms with E-state index in [1.54, 1.807) is 25.1 Å². The molecule has 1 aromatic carbocycles. The van der Waals surface area contributed by atoms with Crippen LogP contribution in [0.5, 0.6) is 0 Å². The number of fused-ring (bicyclic) bond motifs is 1. The second-order valence-corrected chi connectivity index (χ2v) is 5.15. The van der Waals surface area contributed by atoms with Crippen LogP contribution in [0.3, 0.4) is 0 Å². The van der Waals surface area contributed by atoms with E-state index in [4.69, 9.17) is 0 Å². The number of aromatic nitrogens is 2. The van der Waals surface area contributed by atoms with Crippen LogP contribution in [0, 0.1) is 10.1 Å². The summed E-state index contributed by atoms with van der Waals surface area (Å²) in [5, 5.41) is 31.3. The number of nitrogens with one attached hydrogen (secondary N) is 1. The zero-order valence-electron chi connectivity index (χ0n) is 12.2. The standard InChI is InChI=1S/C14H12N4O5/c1-6-10(14(19)20)11(13(18(21)22)7(2)15-6)8-4-3-5-9-12(8)17-23-16-9/h3-5,11,15H,1-2H3,(H,19,20)/t11-/m1/s1. The maximum absolute atomic E-state index is 11.7. The van der Waals surface area contributed by atoms with Crippen LogP contribution in [0.2, 0.25) is 0 Å². The van der Waals surface area contributed by atoms with E-state index in [9.17, 15) is 20.0 Å². The number of nitro groups is 1. The van der Waals surface area contributed by atoms with Crippen LogP contribution in [0.25, 0.3) is 11.0 Å². The number of benzene rings is 1. The normalized spacial score (nSPS) is 18.3. The molecule has 0 saturated heterocycles. The smallest absolute Gasteiger partial charge is 0.334 e. The molecule has 118 valence electrons. The molecule has 0 spiro atoms. The lowest BCUT2D eigenvalue weighted by molar-refractivity contribution is -0.431. The molecular weight excluding hydrogens is 304 g/mol. The van der Waals surface area contributed by atoms with Crippen molar-refractivity contribution in [2.24, 2.45) is 0 Å². The maximum Gasteiger partial charge on any atom is 0.334 e. The van der Waals surface area contributed by atoms with Gasteiger partial charge >= 0.3 is 5.97 Å². The van der Waals surface area contributed by atoms with E-state index in [0.29, 0.717) is 22.3 Å². The molecule has 9 heteroatoms. The first-order chi connectivity index (χ1) is 10.9. The van der Waals surface area contributed by atoms with Crippen LogP contribution in [-0.2, 0) is 4.79 Å². The first kappa shape index (κ1) is 14.7. The lowest BCUT2D eigenvalue weighted by Gasteiger charge is -2.25. The van der Waals surface area contributed by atoms with Crippen molar-refractivity contribution in [2.75, 3.05) is 0 Å². The molecule has 0 saturated carbocycles. The van der Waals surface area contributed by atoms with Gasteiger partial charge in [-0.15, -0.1) is 0 Å². The zero-order valence-corrected chi connectivity index (χ0v) is 12.2. The summed E-state index contributed by atoms with van der Waals surface area (Å²) in [5.74, 6) is -2.31. The van der Waals surface area contributed by atoms with Crippen LogP contribution in [-0.4, -0.2) is 26.3 Å². The zero-order chi connectivity index (χ0) is 16.7. The summed E-state index contributed by atoms with van der Waals surface area (Å²) < 4.78 is 4.68. The van der Waals surface area contributed by atoms with Gasteiger partial charge in [-0.25, -0.2) is 9.42 Å². The maximum atomic E-state index is 11.7. The fraction of sp³-hybridized carbons (Fsp3) is 0.214. The number of dihydropyridines is 1. The van der Waals surface area contributed by atoms with Crippen LogP contribution in [0.4, 0.5) is 0 Å². The number of allylic oxidation sites excluding steroid dienone is 3. The van der Waals surface area contributed by atoms with Crippen LogP contribution in [0.15, 0.2) is 45.5 Å². The van der Waals surface area contributed by atoms with Crippen LogP contribution in [0.1, 0.15) is 25.3 Å². The Kier molecular flexibility index (Phi) is 3.32. The Morgan fingerprint density at radius 2 is 2.09 bits per heavy atom. The van der Waals surface area contributed by atoms with E-state index < -0.39 is 16.8 Å². The Balaban J connectivity index is 2.33. The van der Waals surface area contributed by atoms with Crippen LogP contribution < -0.4 is 5.32 Å². The highest BCUT2D eigenvalue weighted by Gasteiger charge is 2.41. The Morgan fingerprint density at radius 1 is 1.35 bits per heavy atom. The predicted octanol–water partition coefficient (Wildman–Crippen LogP) is 1.78. The number of carboxylic acid groups (broad SMARTS) is 1. The van der Waals surface area contributed by atoms with E-state index in [2.05, 4.69) is 20.3 Å². The van der Waals surface area contributed by atoms with Gasteiger partial charge in [-0.05, 0) is 30.2 Å². The average molecular weight is 316 g/mol.